The number of ether oxygens (including phenoxy) is 1. The van der Waals surface area contributed by atoms with Gasteiger partial charge in [-0.25, -0.2) is 0 Å². The number of nitrogens with one attached hydrogen (secondary N) is 1. The lowest BCUT2D eigenvalue weighted by Gasteiger charge is -2.29. The van der Waals surface area contributed by atoms with Gasteiger partial charge in [-0.2, -0.15) is 0 Å². The highest BCUT2D eigenvalue weighted by Gasteiger charge is 2.26. The van der Waals surface area contributed by atoms with Crippen LogP contribution in [-0.4, -0.2) is 34.8 Å². The molecule has 7 heteroatoms. The van der Waals surface area contributed by atoms with Crippen molar-refractivity contribution in [1.29, 1.82) is 0 Å². The number of carbonyl (C=O) groups excluding carboxylic acids is 2. The summed E-state index contributed by atoms with van der Waals surface area (Å²) in [6.45, 7) is 0.985. The lowest BCUT2D eigenvalue weighted by atomic mass is 9.97. The first-order valence-corrected chi connectivity index (χ1v) is 10.4. The zero-order chi connectivity index (χ0) is 20.9. The smallest absolute Gasteiger partial charge is 0.262 e. The fourth-order valence-corrected chi connectivity index (χ4v) is 3.68. The molecule has 0 saturated heterocycles. The number of anilines is 1. The van der Waals surface area contributed by atoms with Crippen molar-refractivity contribution in [3.63, 3.8) is 0 Å². The molecule has 0 bridgehead atoms. The number of rotatable bonds is 6. The van der Waals surface area contributed by atoms with Crippen LogP contribution in [0.5, 0.6) is 5.75 Å². The average Bonchev–Trinajstić information content (AvgIpc) is 2.77. The van der Waals surface area contributed by atoms with Crippen LogP contribution in [-0.2, 0) is 17.8 Å². The Morgan fingerprint density at radius 2 is 1.97 bits per heavy atom. The number of aromatic nitrogens is 1. The normalized spacial score (nSPS) is 13.0. The van der Waals surface area contributed by atoms with Crippen molar-refractivity contribution in [2.75, 3.05) is 18.5 Å². The highest BCUT2D eigenvalue weighted by Crippen LogP contribution is 2.28. The monoisotopic (exact) mass is 465 g/mol. The molecule has 30 heavy (non-hydrogen) atoms. The first-order valence-electron chi connectivity index (χ1n) is 9.58. The van der Waals surface area contributed by atoms with E-state index in [0.29, 0.717) is 36.5 Å². The highest BCUT2D eigenvalue weighted by atomic mass is 79.9. The zero-order valence-electron chi connectivity index (χ0n) is 16.2. The first kappa shape index (κ1) is 20.1. The van der Waals surface area contributed by atoms with Gasteiger partial charge in [0.2, 0.25) is 0 Å². The van der Waals surface area contributed by atoms with Gasteiger partial charge < -0.3 is 15.0 Å². The highest BCUT2D eigenvalue weighted by molar-refractivity contribution is 9.10. The topological polar surface area (TPSA) is 71.5 Å². The van der Waals surface area contributed by atoms with E-state index in [1.165, 1.54) is 0 Å². The number of benzene rings is 2. The first-order chi connectivity index (χ1) is 14.6. The predicted octanol–water partition coefficient (Wildman–Crippen LogP) is 4.06. The summed E-state index contributed by atoms with van der Waals surface area (Å²) in [6.07, 6.45) is 4.16. The Balaban J connectivity index is 1.41. The third-order valence-corrected chi connectivity index (χ3v) is 5.39. The Hall–Kier alpha value is -3.19. The zero-order valence-corrected chi connectivity index (χ0v) is 17.8. The number of halogens is 1. The molecule has 0 atom stereocenters. The predicted molar refractivity (Wildman–Crippen MR) is 117 cm³/mol. The Bertz CT molecular complexity index is 1060. The minimum Gasteiger partial charge on any atom is -0.483 e. The van der Waals surface area contributed by atoms with E-state index >= 15 is 0 Å². The summed E-state index contributed by atoms with van der Waals surface area (Å²) >= 11 is 3.36. The second kappa shape index (κ2) is 9.09. The van der Waals surface area contributed by atoms with E-state index in [0.717, 1.165) is 15.6 Å². The molecule has 1 aliphatic heterocycles. The van der Waals surface area contributed by atoms with Crippen molar-refractivity contribution < 1.29 is 14.3 Å². The van der Waals surface area contributed by atoms with E-state index in [1.807, 2.05) is 47.4 Å². The summed E-state index contributed by atoms with van der Waals surface area (Å²) in [5.74, 6) is 0.285. The van der Waals surface area contributed by atoms with Crippen LogP contribution in [0.15, 0.2) is 71.5 Å². The Morgan fingerprint density at radius 1 is 1.13 bits per heavy atom. The third-order valence-electron chi connectivity index (χ3n) is 4.87. The summed E-state index contributed by atoms with van der Waals surface area (Å²) in [6, 6.07) is 16.5. The summed E-state index contributed by atoms with van der Waals surface area (Å²) in [4.78, 5) is 31.1. The standard InChI is InChI=1S/C23H20BrN3O3/c24-17-6-8-18(9-7-17)26-22(28)15-30-21-5-1-4-20-19(21)10-12-27(23(20)29)14-16-3-2-11-25-13-16/h1-9,11,13H,10,12,14-15H2,(H,26,28). The summed E-state index contributed by atoms with van der Waals surface area (Å²) in [5, 5.41) is 2.80. The quantitative estimate of drug-likeness (QED) is 0.595. The van der Waals surface area contributed by atoms with Gasteiger partial charge in [0.15, 0.2) is 6.61 Å². The van der Waals surface area contributed by atoms with Crippen LogP contribution in [0.1, 0.15) is 21.5 Å². The molecule has 6 nitrogen and oxygen atoms in total. The van der Waals surface area contributed by atoms with Gasteiger partial charge in [0, 0.05) is 46.8 Å². The molecule has 0 aliphatic carbocycles. The number of nitrogens with zero attached hydrogens (tertiary/aromatic N) is 2. The maximum absolute atomic E-state index is 12.9. The molecule has 0 fully saturated rings. The van der Waals surface area contributed by atoms with E-state index in [4.69, 9.17) is 4.74 Å². The van der Waals surface area contributed by atoms with E-state index < -0.39 is 0 Å². The molecule has 0 unspecified atom stereocenters. The van der Waals surface area contributed by atoms with Gasteiger partial charge in [0.05, 0.1) is 0 Å². The van der Waals surface area contributed by atoms with E-state index in [-0.39, 0.29) is 18.4 Å². The van der Waals surface area contributed by atoms with Gasteiger partial charge in [-0.1, -0.05) is 28.1 Å². The van der Waals surface area contributed by atoms with Crippen molar-refractivity contribution >= 4 is 33.4 Å². The number of amides is 2. The van der Waals surface area contributed by atoms with Crippen LogP contribution >= 0.6 is 15.9 Å². The molecule has 152 valence electrons. The molecule has 2 heterocycles. The van der Waals surface area contributed by atoms with Crippen LogP contribution in [0, 0.1) is 0 Å². The fourth-order valence-electron chi connectivity index (χ4n) is 3.41. The Morgan fingerprint density at radius 3 is 2.73 bits per heavy atom. The minimum absolute atomic E-state index is 0.0372. The van der Waals surface area contributed by atoms with Crippen molar-refractivity contribution in [3.05, 3.63) is 88.2 Å². The third kappa shape index (κ3) is 4.68. The Kier molecular flexibility index (Phi) is 6.09. The molecule has 4 rings (SSSR count). The molecule has 1 aromatic heterocycles. The summed E-state index contributed by atoms with van der Waals surface area (Å²) in [7, 11) is 0. The molecular formula is C23H20BrN3O3. The summed E-state index contributed by atoms with van der Waals surface area (Å²) in [5.41, 5.74) is 3.16. The van der Waals surface area contributed by atoms with Crippen LogP contribution < -0.4 is 10.1 Å². The van der Waals surface area contributed by atoms with Crippen LogP contribution in [0.4, 0.5) is 5.69 Å². The molecule has 0 spiro atoms. The number of pyridine rings is 1. The van der Waals surface area contributed by atoms with Crippen LogP contribution in [0.2, 0.25) is 0 Å². The van der Waals surface area contributed by atoms with E-state index in [1.54, 1.807) is 24.5 Å². The van der Waals surface area contributed by atoms with Gasteiger partial charge in [-0.15, -0.1) is 0 Å². The molecule has 1 aliphatic rings. The average molecular weight is 466 g/mol. The largest absolute Gasteiger partial charge is 0.483 e. The van der Waals surface area contributed by atoms with Crippen LogP contribution in [0.25, 0.3) is 0 Å². The van der Waals surface area contributed by atoms with E-state index in [2.05, 4.69) is 26.2 Å². The summed E-state index contributed by atoms with van der Waals surface area (Å²) < 4.78 is 6.70. The van der Waals surface area contributed by atoms with Gasteiger partial charge >= 0.3 is 0 Å². The maximum atomic E-state index is 12.9. The van der Waals surface area contributed by atoms with Gasteiger partial charge in [0.25, 0.3) is 11.8 Å². The number of hydrogen-bond acceptors (Lipinski definition) is 4. The number of fused-ring (bicyclic) bond motifs is 1. The van der Waals surface area contributed by atoms with Gasteiger partial charge in [-0.3, -0.25) is 14.6 Å². The number of carbonyl (C=O) groups is 2. The van der Waals surface area contributed by atoms with E-state index in [9.17, 15) is 9.59 Å². The molecular weight excluding hydrogens is 446 g/mol. The molecule has 3 aromatic rings. The molecule has 1 N–H and O–H groups in total. The fraction of sp³-hybridized carbons (Fsp3) is 0.174. The van der Waals surface area contributed by atoms with Gasteiger partial charge in [-0.05, 0) is 54.4 Å². The van der Waals surface area contributed by atoms with Crippen LogP contribution in [0.3, 0.4) is 0 Å². The SMILES string of the molecule is O=C(COc1cccc2c1CCN(Cc1cccnc1)C2=O)Nc1ccc(Br)cc1. The second-order valence-electron chi connectivity index (χ2n) is 6.96. The second-order valence-corrected chi connectivity index (χ2v) is 7.88. The van der Waals surface area contributed by atoms with Crippen molar-refractivity contribution in [2.45, 2.75) is 13.0 Å². The van der Waals surface area contributed by atoms with Gasteiger partial charge in [0.1, 0.15) is 5.75 Å². The molecule has 0 radical (unpaired) electrons. The lowest BCUT2D eigenvalue weighted by Crippen LogP contribution is -2.37. The molecule has 0 saturated carbocycles. The lowest BCUT2D eigenvalue weighted by molar-refractivity contribution is -0.118. The molecule has 2 amide bonds. The maximum Gasteiger partial charge on any atom is 0.262 e. The molecule has 2 aromatic carbocycles. The van der Waals surface area contributed by atoms with Crippen molar-refractivity contribution in [1.82, 2.24) is 9.88 Å². The Labute approximate surface area is 183 Å². The van der Waals surface area contributed by atoms with Crippen molar-refractivity contribution in [2.24, 2.45) is 0 Å². The van der Waals surface area contributed by atoms with Crippen molar-refractivity contribution in [3.8, 4) is 5.75 Å². The minimum atomic E-state index is -0.254. The number of hydrogen-bond donors (Lipinski definition) is 1.